The van der Waals surface area contributed by atoms with Crippen molar-refractivity contribution in [2.45, 2.75) is 119 Å². The number of sulfonamides is 1. The number of nitrogens with one attached hydrogen (secondary N) is 3. The van der Waals surface area contributed by atoms with E-state index in [4.69, 9.17) is 14.2 Å². The number of esters is 1. The van der Waals surface area contributed by atoms with Gasteiger partial charge in [0, 0.05) is 24.4 Å². The zero-order valence-corrected chi connectivity index (χ0v) is 34.3. The van der Waals surface area contributed by atoms with Gasteiger partial charge in [-0.3, -0.25) is 24.0 Å². The molecule has 6 aliphatic rings. The second-order valence-corrected chi connectivity index (χ2v) is 18.9. The third-order valence-corrected chi connectivity index (χ3v) is 13.2. The number of ether oxygens (including phenoxy) is 3. The van der Waals surface area contributed by atoms with Gasteiger partial charge in [-0.25, -0.2) is 32.0 Å². The van der Waals surface area contributed by atoms with Crippen molar-refractivity contribution in [1.82, 2.24) is 25.2 Å². The van der Waals surface area contributed by atoms with E-state index in [1.807, 2.05) is 0 Å². The first kappa shape index (κ1) is 42.5. The molecule has 60 heavy (non-hydrogen) atoms. The summed E-state index contributed by atoms with van der Waals surface area (Å²) < 4.78 is 60.1. The zero-order chi connectivity index (χ0) is 43.3. The fourth-order valence-electron chi connectivity index (χ4n) is 8.25. The minimum atomic E-state index is -4.07. The van der Waals surface area contributed by atoms with E-state index in [9.17, 15) is 46.4 Å². The summed E-state index contributed by atoms with van der Waals surface area (Å²) in [7, 11) is -4.07. The number of hydrogen-bond acceptors (Lipinski definition) is 12. The molecule has 4 aliphatic heterocycles. The van der Waals surface area contributed by atoms with Crippen LogP contribution in [0, 0.1) is 11.7 Å². The van der Waals surface area contributed by atoms with Crippen LogP contribution in [0.2, 0.25) is 0 Å². The number of likely N-dealkylation sites (tertiary alicyclic amines) is 1. The molecule has 0 spiro atoms. The lowest BCUT2D eigenvalue weighted by Crippen LogP contribution is -2.64. The minimum Gasteiger partial charge on any atom is -0.447 e. The van der Waals surface area contributed by atoms with Gasteiger partial charge in [-0.15, -0.1) is 6.58 Å². The molecular formula is C40H48FN6O12S+. The van der Waals surface area contributed by atoms with E-state index in [2.05, 4.69) is 21.9 Å². The zero-order valence-electron chi connectivity index (χ0n) is 33.4. The fourth-order valence-corrected chi connectivity index (χ4v) is 9.60. The average molecular weight is 856 g/mol. The fraction of sp³-hybridized carbons (Fsp3) is 0.550. The first-order valence-electron chi connectivity index (χ1n) is 19.9. The molecule has 0 aromatic heterocycles. The molecule has 6 amide bonds. The van der Waals surface area contributed by atoms with Gasteiger partial charge in [-0.05, 0) is 58.1 Å². The molecule has 6 unspecified atom stereocenters. The van der Waals surface area contributed by atoms with Gasteiger partial charge in [0.2, 0.25) is 21.8 Å². The number of nitrogens with zero attached hydrogens (tertiary/aromatic N) is 3. The third kappa shape index (κ3) is 8.64. The lowest BCUT2D eigenvalue weighted by Gasteiger charge is -2.35. The summed E-state index contributed by atoms with van der Waals surface area (Å²) in [6.07, 6.45) is 1.21. The maximum absolute atomic E-state index is 14.7. The minimum absolute atomic E-state index is 0.0480. The Labute approximate surface area is 345 Å². The number of carbonyl (C=O) groups is 7. The first-order chi connectivity index (χ1) is 28.3. The van der Waals surface area contributed by atoms with Crippen LogP contribution in [0.15, 0.2) is 43.0 Å². The lowest BCUT2D eigenvalue weighted by atomic mass is 9.85. The second-order valence-electron chi connectivity index (χ2n) is 16.9. The predicted octanol–water partition coefficient (Wildman–Crippen LogP) is 1.46. The van der Waals surface area contributed by atoms with Gasteiger partial charge in [0.05, 0.1) is 31.2 Å². The highest BCUT2D eigenvalue weighted by Crippen LogP contribution is 2.35. The van der Waals surface area contributed by atoms with E-state index in [-0.39, 0.29) is 64.0 Å². The number of hydrogen-bond donors (Lipinski definition) is 3. The molecule has 1 saturated carbocycles. The van der Waals surface area contributed by atoms with Crippen molar-refractivity contribution in [3.8, 4) is 0 Å². The highest BCUT2D eigenvalue weighted by atomic mass is 32.2. The molecule has 7 rings (SSSR count). The number of fused-ring (bicyclic) bond motifs is 3. The monoisotopic (exact) mass is 855 g/mol. The molecule has 4 heterocycles. The van der Waals surface area contributed by atoms with Gasteiger partial charge in [-0.2, -0.15) is 4.58 Å². The van der Waals surface area contributed by atoms with Crippen LogP contribution in [-0.2, 0) is 61.3 Å². The van der Waals surface area contributed by atoms with Crippen LogP contribution in [0.4, 0.5) is 14.0 Å². The predicted molar refractivity (Wildman–Crippen MR) is 206 cm³/mol. The largest absolute Gasteiger partial charge is 0.447 e. The van der Waals surface area contributed by atoms with Crippen LogP contribution >= 0.6 is 0 Å². The molecule has 0 radical (unpaired) electrons. The molecule has 1 aromatic carbocycles. The van der Waals surface area contributed by atoms with E-state index < -0.39 is 104 Å². The number of rotatable bonds is 12. The van der Waals surface area contributed by atoms with Gasteiger partial charge in [0.25, 0.3) is 11.6 Å². The molecule has 1 aromatic rings. The maximum Gasteiger partial charge on any atom is 0.410 e. The van der Waals surface area contributed by atoms with Crippen molar-refractivity contribution in [3.63, 3.8) is 0 Å². The molecule has 2 saturated heterocycles. The van der Waals surface area contributed by atoms with Crippen molar-refractivity contribution in [2.75, 3.05) is 13.1 Å². The van der Waals surface area contributed by atoms with Gasteiger partial charge in [0.1, 0.15) is 35.1 Å². The highest BCUT2D eigenvalue weighted by Gasteiger charge is 2.53. The van der Waals surface area contributed by atoms with Crippen molar-refractivity contribution in [3.05, 3.63) is 60.0 Å². The van der Waals surface area contributed by atoms with Crippen molar-refractivity contribution in [1.29, 1.82) is 0 Å². The number of amides is 6. The van der Waals surface area contributed by atoms with E-state index in [0.29, 0.717) is 24.0 Å². The van der Waals surface area contributed by atoms with Crippen LogP contribution in [0.3, 0.4) is 0 Å². The lowest BCUT2D eigenvalue weighted by molar-refractivity contribution is -0.453. The summed E-state index contributed by atoms with van der Waals surface area (Å²) >= 11 is 0. The Morgan fingerprint density at radius 1 is 1.15 bits per heavy atom. The molecule has 322 valence electrons. The van der Waals surface area contributed by atoms with Crippen molar-refractivity contribution < 1.29 is 65.2 Å². The van der Waals surface area contributed by atoms with Gasteiger partial charge >= 0.3 is 24.1 Å². The summed E-state index contributed by atoms with van der Waals surface area (Å²) in [4.78, 5) is 97.7. The number of carbonyl (C=O) groups excluding carboxylic acids is 7. The van der Waals surface area contributed by atoms with E-state index in [1.165, 1.54) is 33.8 Å². The molecule has 2 aliphatic carbocycles. The summed E-state index contributed by atoms with van der Waals surface area (Å²) in [6, 6.07) is 1.52. The molecule has 20 heteroatoms. The molecule has 3 N–H and O–H groups in total. The summed E-state index contributed by atoms with van der Waals surface area (Å²) in [5.74, 6) is -5.20. The Morgan fingerprint density at radius 3 is 2.55 bits per heavy atom. The number of alkyl carbamates (subject to hydrolysis) is 1. The second kappa shape index (κ2) is 16.1. The maximum atomic E-state index is 14.7. The topological polar surface area (TPSA) is 227 Å². The summed E-state index contributed by atoms with van der Waals surface area (Å²) in [5.41, 5.74) is -1.83. The van der Waals surface area contributed by atoms with E-state index >= 15 is 0 Å². The van der Waals surface area contributed by atoms with Crippen molar-refractivity contribution in [2.24, 2.45) is 5.92 Å². The van der Waals surface area contributed by atoms with Gasteiger partial charge in [-0.1, -0.05) is 30.4 Å². The van der Waals surface area contributed by atoms with Gasteiger partial charge < -0.3 is 29.7 Å². The Balaban J connectivity index is 1.16. The number of halogens is 1. The van der Waals surface area contributed by atoms with Crippen LogP contribution in [0.5, 0.6) is 0 Å². The SMILES string of the molecule is C=CC1CC=CC1(NC(=O)C1CC(OC(=O)N2Cc3cccc(F)c3C2)CN1C(=O)C(CCC(=O)[N+]1=C2CC(C1)OC2=O)NC(=O)OC(C)(C)C)C(=O)NS(=O)(=O)C1CC1. The van der Waals surface area contributed by atoms with E-state index in [0.717, 1.165) is 4.90 Å². The normalized spacial score (nSPS) is 26.0. The van der Waals surface area contributed by atoms with Crippen LogP contribution in [-0.4, -0.2) is 124 Å². The van der Waals surface area contributed by atoms with Crippen molar-refractivity contribution >= 4 is 57.5 Å². The standard InChI is InChI=1S/C40H47FN6O12S/c1-5-23-9-7-15-40(23,36(52)44-60(55,56)26-11-12-26)43-33(49)30-16-25(58-38(54)45-18-22-8-6-10-28(41)27(22)21-45)20-47(30)34(50)29(42-37(53)59-39(2,3)4)13-14-32(48)46-19-24-17-31(46)35(51)57-24/h5-8,10,15,23-26,29-30H,1,9,11-14,16-21H2,2-4H3,(H2-,42,43,44,49,52,53)/p+1. The molecule has 3 fully saturated rings. The van der Waals surface area contributed by atoms with Crippen LogP contribution in [0.25, 0.3) is 0 Å². The number of allylic oxidation sites excluding steroid dienone is 1. The smallest absolute Gasteiger partial charge is 0.410 e. The Hall–Kier alpha value is -5.66. The Morgan fingerprint density at radius 2 is 1.90 bits per heavy atom. The van der Waals surface area contributed by atoms with Crippen LogP contribution < -0.4 is 15.4 Å². The summed E-state index contributed by atoms with van der Waals surface area (Å²) in [6.45, 7) is 8.33. The van der Waals surface area contributed by atoms with E-state index in [1.54, 1.807) is 32.9 Å². The summed E-state index contributed by atoms with van der Waals surface area (Å²) in [5, 5.41) is 4.44. The molecule has 2 bridgehead atoms. The van der Waals surface area contributed by atoms with Gasteiger partial charge in [0.15, 0.2) is 12.6 Å². The molecular weight excluding hydrogens is 808 g/mol. The molecule has 18 nitrogen and oxygen atoms in total. The Kier molecular flexibility index (Phi) is 11.4. The average Bonchev–Trinajstić information content (AvgIpc) is 3.53. The number of benzene rings is 1. The van der Waals surface area contributed by atoms with Crippen LogP contribution in [0.1, 0.15) is 76.8 Å². The highest BCUT2D eigenvalue weighted by molar-refractivity contribution is 7.91. The third-order valence-electron chi connectivity index (χ3n) is 11.4. The quantitative estimate of drug-likeness (QED) is 0.118. The molecule has 6 atom stereocenters. The first-order valence-corrected chi connectivity index (χ1v) is 21.4. The Bertz CT molecular complexity index is 2220.